The van der Waals surface area contributed by atoms with Gasteiger partial charge in [0.2, 0.25) is 5.91 Å². The highest BCUT2D eigenvalue weighted by atomic mass is 19.4. The number of likely N-dealkylation sites (tertiary alicyclic amines) is 1. The molecule has 132 valence electrons. The molecule has 1 fully saturated rings. The third-order valence-corrected chi connectivity index (χ3v) is 3.92. The van der Waals surface area contributed by atoms with Crippen LogP contribution in [0.1, 0.15) is 35.3 Å². The summed E-state index contributed by atoms with van der Waals surface area (Å²) in [5.41, 5.74) is -3.26. The van der Waals surface area contributed by atoms with Crippen molar-refractivity contribution in [1.82, 2.24) is 15.2 Å². The van der Waals surface area contributed by atoms with E-state index in [1.807, 2.05) is 0 Å². The lowest BCUT2D eigenvalue weighted by Gasteiger charge is -2.39. The molecule has 0 saturated carbocycles. The first-order valence-electron chi connectivity index (χ1n) is 7.41. The first kappa shape index (κ1) is 18.2. The molecule has 1 aromatic rings. The van der Waals surface area contributed by atoms with Crippen LogP contribution in [-0.4, -0.2) is 52.5 Å². The van der Waals surface area contributed by atoms with Gasteiger partial charge in [-0.05, 0) is 25.0 Å². The Bertz CT molecular complexity index is 636. The average Bonchev–Trinajstić information content (AvgIpc) is 2.52. The predicted octanol–water partition coefficient (Wildman–Crippen LogP) is 1.20. The Kier molecular flexibility index (Phi) is 5.12. The summed E-state index contributed by atoms with van der Waals surface area (Å²) in [4.78, 5) is 28.4. The van der Waals surface area contributed by atoms with Gasteiger partial charge in [-0.3, -0.25) is 14.6 Å². The topological polar surface area (TPSA) is 82.5 Å². The Labute approximate surface area is 136 Å². The quantitative estimate of drug-likeness (QED) is 0.863. The van der Waals surface area contributed by atoms with Crippen molar-refractivity contribution in [2.45, 2.75) is 31.0 Å². The molecule has 2 N–H and O–H groups in total. The Morgan fingerprint density at radius 1 is 1.46 bits per heavy atom. The summed E-state index contributed by atoms with van der Waals surface area (Å²) in [7, 11) is 1.42. The number of aliphatic hydroxyl groups is 1. The second kappa shape index (κ2) is 6.76. The minimum Gasteiger partial charge on any atom is -0.388 e. The molecular weight excluding hydrogens is 327 g/mol. The van der Waals surface area contributed by atoms with Crippen LogP contribution in [-0.2, 0) is 11.0 Å². The number of nitrogens with one attached hydrogen (secondary N) is 1. The van der Waals surface area contributed by atoms with Gasteiger partial charge in [-0.1, -0.05) is 0 Å². The number of rotatable bonds is 3. The van der Waals surface area contributed by atoms with Gasteiger partial charge in [-0.25, -0.2) is 0 Å². The van der Waals surface area contributed by atoms with Crippen LogP contribution in [0.4, 0.5) is 13.2 Å². The van der Waals surface area contributed by atoms with E-state index in [0.717, 1.165) is 17.2 Å². The van der Waals surface area contributed by atoms with Crippen molar-refractivity contribution in [3.63, 3.8) is 0 Å². The van der Waals surface area contributed by atoms with Gasteiger partial charge < -0.3 is 15.3 Å². The van der Waals surface area contributed by atoms with Gasteiger partial charge in [0.1, 0.15) is 0 Å². The molecule has 1 aliphatic heterocycles. The largest absolute Gasteiger partial charge is 0.434 e. The molecule has 0 bridgehead atoms. The minimum absolute atomic E-state index is 0.203. The number of β-amino-alcohol motifs (C(OH)–C–C–N with tert-alkyl or cyclic N) is 1. The molecule has 6 nitrogen and oxygen atoms in total. The number of hydrogen-bond acceptors (Lipinski definition) is 4. The van der Waals surface area contributed by atoms with E-state index in [2.05, 4.69) is 10.3 Å². The van der Waals surface area contributed by atoms with Gasteiger partial charge in [-0.15, -0.1) is 0 Å². The molecule has 0 aromatic carbocycles. The molecule has 2 rings (SSSR count). The minimum atomic E-state index is -4.75. The summed E-state index contributed by atoms with van der Waals surface area (Å²) >= 11 is 0. The average molecular weight is 345 g/mol. The fraction of sp³-hybridized carbons (Fsp3) is 0.533. The lowest BCUT2D eigenvalue weighted by atomic mass is 9.89. The van der Waals surface area contributed by atoms with Crippen LogP contribution in [0.25, 0.3) is 0 Å². The van der Waals surface area contributed by atoms with Gasteiger partial charge in [0.25, 0.3) is 5.91 Å². The first-order chi connectivity index (χ1) is 11.2. The highest BCUT2D eigenvalue weighted by molar-refractivity contribution is 5.95. The zero-order valence-electron chi connectivity index (χ0n) is 13.1. The van der Waals surface area contributed by atoms with Crippen molar-refractivity contribution in [2.75, 3.05) is 20.1 Å². The Balaban J connectivity index is 2.23. The standard InChI is InChI=1S/C15H18F3N3O3/c1-19-11(22)8-14(24)5-3-7-21(9-14)13(23)10-4-2-6-20-12(10)15(16,17)18/h2,4,6,24H,3,5,7-9H2,1H3,(H,19,22). The number of amides is 2. The molecule has 2 amide bonds. The predicted molar refractivity (Wildman–Crippen MR) is 78.0 cm³/mol. The van der Waals surface area contributed by atoms with E-state index in [1.165, 1.54) is 13.1 Å². The monoisotopic (exact) mass is 345 g/mol. The molecule has 1 saturated heterocycles. The van der Waals surface area contributed by atoms with Crippen LogP contribution >= 0.6 is 0 Å². The van der Waals surface area contributed by atoms with Crippen LogP contribution < -0.4 is 5.32 Å². The molecule has 0 spiro atoms. The van der Waals surface area contributed by atoms with Gasteiger partial charge in [0.15, 0.2) is 5.69 Å². The summed E-state index contributed by atoms with van der Waals surface area (Å²) in [6.07, 6.45) is -3.31. The maximum absolute atomic E-state index is 13.0. The second-order valence-corrected chi connectivity index (χ2v) is 5.80. The summed E-state index contributed by atoms with van der Waals surface area (Å²) in [6.45, 7) is 0.00647. The number of aromatic nitrogens is 1. The molecule has 0 radical (unpaired) electrons. The zero-order chi connectivity index (χ0) is 18.0. The Morgan fingerprint density at radius 2 is 2.17 bits per heavy atom. The number of halogens is 3. The lowest BCUT2D eigenvalue weighted by Crippen LogP contribution is -2.52. The maximum Gasteiger partial charge on any atom is 0.434 e. The normalized spacial score (nSPS) is 21.5. The highest BCUT2D eigenvalue weighted by Crippen LogP contribution is 2.32. The van der Waals surface area contributed by atoms with Gasteiger partial charge in [0.05, 0.1) is 24.1 Å². The van der Waals surface area contributed by atoms with Gasteiger partial charge >= 0.3 is 6.18 Å². The van der Waals surface area contributed by atoms with Gasteiger partial charge in [-0.2, -0.15) is 13.2 Å². The Morgan fingerprint density at radius 3 is 2.79 bits per heavy atom. The van der Waals surface area contributed by atoms with Crippen LogP contribution in [0.2, 0.25) is 0 Å². The summed E-state index contributed by atoms with van der Waals surface area (Å²) in [5.74, 6) is -1.25. The number of piperidine rings is 1. The highest BCUT2D eigenvalue weighted by Gasteiger charge is 2.41. The van der Waals surface area contributed by atoms with Crippen LogP contribution in [0.5, 0.6) is 0 Å². The number of carbonyl (C=O) groups excluding carboxylic acids is 2. The van der Waals surface area contributed by atoms with Crippen molar-refractivity contribution in [1.29, 1.82) is 0 Å². The molecule has 24 heavy (non-hydrogen) atoms. The fourth-order valence-corrected chi connectivity index (χ4v) is 2.79. The van der Waals surface area contributed by atoms with Crippen molar-refractivity contribution >= 4 is 11.8 Å². The molecular formula is C15H18F3N3O3. The molecule has 1 aliphatic rings. The van der Waals surface area contributed by atoms with Gasteiger partial charge in [0, 0.05) is 19.8 Å². The molecule has 1 unspecified atom stereocenters. The smallest absolute Gasteiger partial charge is 0.388 e. The summed E-state index contributed by atoms with van der Waals surface area (Å²) in [5, 5.41) is 12.9. The van der Waals surface area contributed by atoms with Crippen molar-refractivity contribution in [2.24, 2.45) is 0 Å². The SMILES string of the molecule is CNC(=O)CC1(O)CCCN(C(=O)c2cccnc2C(F)(F)F)C1. The van der Waals surface area contributed by atoms with Crippen molar-refractivity contribution in [3.8, 4) is 0 Å². The number of pyridine rings is 1. The number of nitrogens with zero attached hydrogens (tertiary/aromatic N) is 2. The van der Waals surface area contributed by atoms with E-state index < -0.39 is 34.8 Å². The molecule has 9 heteroatoms. The molecule has 0 aliphatic carbocycles. The summed E-state index contributed by atoms with van der Waals surface area (Å²) in [6, 6.07) is 2.31. The van der Waals surface area contributed by atoms with Crippen molar-refractivity contribution in [3.05, 3.63) is 29.6 Å². The van der Waals surface area contributed by atoms with Crippen LogP contribution in [0, 0.1) is 0 Å². The lowest BCUT2D eigenvalue weighted by molar-refractivity contribution is -0.141. The third-order valence-electron chi connectivity index (χ3n) is 3.92. The van der Waals surface area contributed by atoms with E-state index in [1.54, 1.807) is 0 Å². The third kappa shape index (κ3) is 4.02. The number of alkyl halides is 3. The molecule has 2 heterocycles. The number of hydrogen-bond donors (Lipinski definition) is 2. The number of carbonyl (C=O) groups is 2. The van der Waals surface area contributed by atoms with E-state index >= 15 is 0 Å². The second-order valence-electron chi connectivity index (χ2n) is 5.80. The maximum atomic E-state index is 13.0. The first-order valence-corrected chi connectivity index (χ1v) is 7.41. The fourth-order valence-electron chi connectivity index (χ4n) is 2.79. The van der Waals surface area contributed by atoms with Crippen LogP contribution in [0.15, 0.2) is 18.3 Å². The van der Waals surface area contributed by atoms with E-state index in [0.29, 0.717) is 12.8 Å². The molecule has 1 aromatic heterocycles. The van der Waals surface area contributed by atoms with E-state index in [4.69, 9.17) is 0 Å². The van der Waals surface area contributed by atoms with E-state index in [-0.39, 0.29) is 19.5 Å². The van der Waals surface area contributed by atoms with Crippen molar-refractivity contribution < 1.29 is 27.9 Å². The Hall–Kier alpha value is -2.16. The zero-order valence-corrected chi connectivity index (χ0v) is 13.1. The summed E-state index contributed by atoms with van der Waals surface area (Å²) < 4.78 is 39.0. The molecule has 1 atom stereocenters. The van der Waals surface area contributed by atoms with E-state index in [9.17, 15) is 27.9 Å². The van der Waals surface area contributed by atoms with Crippen LogP contribution in [0.3, 0.4) is 0 Å².